The molecule has 24 heavy (non-hydrogen) atoms. The van der Waals surface area contributed by atoms with Gasteiger partial charge in [0.1, 0.15) is 17.3 Å². The van der Waals surface area contributed by atoms with E-state index in [2.05, 4.69) is 4.74 Å². The standard InChI is InChI=1S/C17H18FNO4S/c1-13-7-3-4-8-14(13)11-19(12-17(20)23-2)24(21,22)16-10-6-5-9-15(16)18/h3-10H,11-12H2,1-2H3. The quantitative estimate of drug-likeness (QED) is 0.750. The highest BCUT2D eigenvalue weighted by Crippen LogP contribution is 2.22. The molecule has 0 radical (unpaired) electrons. The molecule has 2 rings (SSSR count). The highest BCUT2D eigenvalue weighted by molar-refractivity contribution is 7.89. The third-order valence-electron chi connectivity index (χ3n) is 3.60. The SMILES string of the molecule is COC(=O)CN(Cc1ccccc1C)S(=O)(=O)c1ccccc1F. The molecule has 128 valence electrons. The molecule has 0 aliphatic heterocycles. The molecule has 0 unspecified atom stereocenters. The van der Waals surface area contributed by atoms with Gasteiger partial charge in [0.25, 0.3) is 0 Å². The lowest BCUT2D eigenvalue weighted by molar-refractivity contribution is -0.140. The summed E-state index contributed by atoms with van der Waals surface area (Å²) in [7, 11) is -3.02. The molecule has 2 aromatic carbocycles. The van der Waals surface area contributed by atoms with Crippen molar-refractivity contribution < 1.29 is 22.3 Å². The molecular formula is C17H18FNO4S. The maximum Gasteiger partial charge on any atom is 0.321 e. The van der Waals surface area contributed by atoms with Crippen LogP contribution >= 0.6 is 0 Å². The zero-order valence-electron chi connectivity index (χ0n) is 13.4. The van der Waals surface area contributed by atoms with Crippen molar-refractivity contribution in [1.29, 1.82) is 0 Å². The van der Waals surface area contributed by atoms with Gasteiger partial charge in [-0.05, 0) is 30.2 Å². The van der Waals surface area contributed by atoms with E-state index in [1.807, 2.05) is 19.1 Å². The fraction of sp³-hybridized carbons (Fsp3) is 0.235. The average molecular weight is 351 g/mol. The minimum atomic E-state index is -4.19. The van der Waals surface area contributed by atoms with E-state index in [-0.39, 0.29) is 6.54 Å². The molecule has 0 saturated heterocycles. The summed E-state index contributed by atoms with van der Waals surface area (Å²) in [4.78, 5) is 11.2. The largest absolute Gasteiger partial charge is 0.468 e. The second kappa shape index (κ2) is 7.55. The van der Waals surface area contributed by atoms with Gasteiger partial charge in [-0.15, -0.1) is 0 Å². The Morgan fingerprint density at radius 2 is 1.75 bits per heavy atom. The second-order valence-electron chi connectivity index (χ2n) is 5.21. The zero-order chi connectivity index (χ0) is 17.7. The summed E-state index contributed by atoms with van der Waals surface area (Å²) in [5, 5.41) is 0. The van der Waals surface area contributed by atoms with Crippen LogP contribution in [0.2, 0.25) is 0 Å². The molecule has 0 atom stereocenters. The van der Waals surface area contributed by atoms with Crippen molar-refractivity contribution in [2.75, 3.05) is 13.7 Å². The molecule has 5 nitrogen and oxygen atoms in total. The lowest BCUT2D eigenvalue weighted by Gasteiger charge is -2.22. The summed E-state index contributed by atoms with van der Waals surface area (Å²) < 4.78 is 45.0. The van der Waals surface area contributed by atoms with Crippen LogP contribution < -0.4 is 0 Å². The van der Waals surface area contributed by atoms with Crippen molar-refractivity contribution in [3.63, 3.8) is 0 Å². The maximum absolute atomic E-state index is 14.0. The molecule has 7 heteroatoms. The number of benzene rings is 2. The highest BCUT2D eigenvalue weighted by atomic mass is 32.2. The normalized spacial score (nSPS) is 11.5. The minimum Gasteiger partial charge on any atom is -0.468 e. The molecule has 2 aromatic rings. The summed E-state index contributed by atoms with van der Waals surface area (Å²) in [6.45, 7) is 1.28. The summed E-state index contributed by atoms with van der Waals surface area (Å²) in [5.41, 5.74) is 1.59. The first-order valence-electron chi connectivity index (χ1n) is 7.22. The number of carbonyl (C=O) groups excluding carboxylic acids is 1. The van der Waals surface area contributed by atoms with Crippen molar-refractivity contribution in [3.05, 3.63) is 65.5 Å². The Morgan fingerprint density at radius 1 is 1.12 bits per heavy atom. The lowest BCUT2D eigenvalue weighted by atomic mass is 10.1. The average Bonchev–Trinajstić information content (AvgIpc) is 2.56. The molecule has 0 fully saturated rings. The second-order valence-corrected chi connectivity index (χ2v) is 7.11. The van der Waals surface area contributed by atoms with Crippen molar-refractivity contribution in [1.82, 2.24) is 4.31 Å². The van der Waals surface area contributed by atoms with Crippen LogP contribution in [-0.4, -0.2) is 32.3 Å². The molecule has 0 N–H and O–H groups in total. The molecule has 0 aliphatic rings. The molecular weight excluding hydrogens is 333 g/mol. The van der Waals surface area contributed by atoms with Gasteiger partial charge in [-0.2, -0.15) is 4.31 Å². The Morgan fingerprint density at radius 3 is 2.38 bits per heavy atom. The molecule has 0 aromatic heterocycles. The predicted molar refractivity (Wildman–Crippen MR) is 87.2 cm³/mol. The Kier molecular flexibility index (Phi) is 5.69. The Hall–Kier alpha value is -2.25. The van der Waals surface area contributed by atoms with Gasteiger partial charge < -0.3 is 4.74 Å². The van der Waals surface area contributed by atoms with Gasteiger partial charge >= 0.3 is 5.97 Å². The minimum absolute atomic E-state index is 0.0571. The van der Waals surface area contributed by atoms with Crippen LogP contribution in [0.25, 0.3) is 0 Å². The third-order valence-corrected chi connectivity index (χ3v) is 5.42. The summed E-state index contributed by atoms with van der Waals surface area (Å²) >= 11 is 0. The molecule has 0 saturated carbocycles. The molecule has 0 amide bonds. The monoisotopic (exact) mass is 351 g/mol. The summed E-state index contributed by atoms with van der Waals surface area (Å²) in [6.07, 6.45) is 0. The van der Waals surface area contributed by atoms with E-state index in [9.17, 15) is 17.6 Å². The van der Waals surface area contributed by atoms with Crippen molar-refractivity contribution in [2.24, 2.45) is 0 Å². The van der Waals surface area contributed by atoms with Gasteiger partial charge in [-0.3, -0.25) is 4.79 Å². The van der Waals surface area contributed by atoms with Crippen LogP contribution in [0.15, 0.2) is 53.4 Å². The van der Waals surface area contributed by atoms with Gasteiger partial charge in [0, 0.05) is 6.54 Å². The van der Waals surface area contributed by atoms with Gasteiger partial charge in [0.15, 0.2) is 0 Å². The number of ether oxygens (including phenoxy) is 1. The van der Waals surface area contributed by atoms with Gasteiger partial charge in [-0.25, -0.2) is 12.8 Å². The van der Waals surface area contributed by atoms with Gasteiger partial charge in [0.05, 0.1) is 7.11 Å². The fourth-order valence-electron chi connectivity index (χ4n) is 2.20. The third kappa shape index (κ3) is 3.98. The Labute approximate surface area is 140 Å². The maximum atomic E-state index is 14.0. The van der Waals surface area contributed by atoms with Crippen molar-refractivity contribution in [2.45, 2.75) is 18.4 Å². The number of esters is 1. The van der Waals surface area contributed by atoms with E-state index in [1.165, 1.54) is 25.3 Å². The molecule has 0 spiro atoms. The van der Waals surface area contributed by atoms with Crippen molar-refractivity contribution in [3.8, 4) is 0 Å². The Bertz CT molecular complexity index is 836. The predicted octanol–water partition coefficient (Wildman–Crippen LogP) is 2.50. The highest BCUT2D eigenvalue weighted by Gasteiger charge is 2.29. The Balaban J connectivity index is 2.44. The van der Waals surface area contributed by atoms with E-state index in [0.717, 1.165) is 21.5 Å². The first-order valence-corrected chi connectivity index (χ1v) is 8.66. The van der Waals surface area contributed by atoms with E-state index < -0.39 is 33.3 Å². The number of methoxy groups -OCH3 is 1. The zero-order valence-corrected chi connectivity index (χ0v) is 14.2. The van der Waals surface area contributed by atoms with Crippen molar-refractivity contribution >= 4 is 16.0 Å². The molecule has 0 aliphatic carbocycles. The number of halogens is 1. The summed E-state index contributed by atoms with van der Waals surface area (Å²) in [5.74, 6) is -1.58. The van der Waals surface area contributed by atoms with Crippen LogP contribution in [0.4, 0.5) is 4.39 Å². The number of hydrogen-bond acceptors (Lipinski definition) is 4. The smallest absolute Gasteiger partial charge is 0.321 e. The van der Waals surface area contributed by atoms with Crippen LogP contribution in [0.1, 0.15) is 11.1 Å². The van der Waals surface area contributed by atoms with Crippen LogP contribution in [-0.2, 0) is 26.1 Å². The number of hydrogen-bond donors (Lipinski definition) is 0. The van der Waals surface area contributed by atoms with Crippen LogP contribution in [0.5, 0.6) is 0 Å². The van der Waals surface area contributed by atoms with E-state index >= 15 is 0 Å². The van der Waals surface area contributed by atoms with Gasteiger partial charge in [-0.1, -0.05) is 36.4 Å². The molecule has 0 heterocycles. The summed E-state index contributed by atoms with van der Waals surface area (Å²) in [6, 6.07) is 12.3. The lowest BCUT2D eigenvalue weighted by Crippen LogP contribution is -2.36. The number of carbonyl (C=O) groups is 1. The topological polar surface area (TPSA) is 63.7 Å². The van der Waals surface area contributed by atoms with Gasteiger partial charge in [0.2, 0.25) is 10.0 Å². The van der Waals surface area contributed by atoms with Crippen LogP contribution in [0.3, 0.4) is 0 Å². The van der Waals surface area contributed by atoms with E-state index in [4.69, 9.17) is 0 Å². The number of rotatable bonds is 6. The number of sulfonamides is 1. The number of aryl methyl sites for hydroxylation is 1. The van der Waals surface area contributed by atoms with E-state index in [0.29, 0.717) is 0 Å². The first-order chi connectivity index (χ1) is 11.4. The van der Waals surface area contributed by atoms with Crippen LogP contribution in [0, 0.1) is 12.7 Å². The number of nitrogens with zero attached hydrogens (tertiary/aromatic N) is 1. The fourth-order valence-corrected chi connectivity index (χ4v) is 3.63. The first kappa shape index (κ1) is 18.1. The molecule has 0 bridgehead atoms. The van der Waals surface area contributed by atoms with E-state index in [1.54, 1.807) is 12.1 Å².